The molecule has 0 spiro atoms. The van der Waals surface area contributed by atoms with E-state index in [1.807, 2.05) is 20.8 Å². The van der Waals surface area contributed by atoms with Crippen LogP contribution in [-0.2, 0) is 14.4 Å². The first-order valence-corrected chi connectivity index (χ1v) is 12.7. The van der Waals surface area contributed by atoms with Crippen LogP contribution in [0.25, 0.3) is 0 Å². The topological polar surface area (TPSA) is 114 Å². The lowest BCUT2D eigenvalue weighted by Crippen LogP contribution is -2.50. The third-order valence-electron chi connectivity index (χ3n) is 6.13. The van der Waals surface area contributed by atoms with E-state index in [1.165, 1.54) is 4.90 Å². The van der Waals surface area contributed by atoms with Crippen LogP contribution in [-0.4, -0.2) is 35.5 Å². The molecule has 0 aliphatic heterocycles. The summed E-state index contributed by atoms with van der Waals surface area (Å²) in [6.45, 7) is 7.49. The molecule has 38 heavy (non-hydrogen) atoms. The van der Waals surface area contributed by atoms with Gasteiger partial charge < -0.3 is 19.9 Å². The first-order chi connectivity index (χ1) is 18.0. The fraction of sp³-hybridized carbons (Fsp3) is 0.357. The fourth-order valence-electron chi connectivity index (χ4n) is 3.74. The van der Waals surface area contributed by atoms with Gasteiger partial charge in [-0.3, -0.25) is 19.3 Å². The van der Waals surface area contributed by atoms with Gasteiger partial charge in [0.2, 0.25) is 17.7 Å². The molecule has 3 amide bonds. The number of ether oxygens (including phenoxy) is 1. The monoisotopic (exact) mass is 540 g/mol. The van der Waals surface area contributed by atoms with Gasteiger partial charge >= 0.3 is 0 Å². The third kappa shape index (κ3) is 7.35. The summed E-state index contributed by atoms with van der Waals surface area (Å²) in [7, 11) is 1.54. The van der Waals surface area contributed by atoms with Crippen LogP contribution in [0.4, 0.5) is 11.5 Å². The second-order valence-electron chi connectivity index (χ2n) is 9.48. The SMILES string of the molecule is CCC(C)(C)NC(=O)C(c1ccccc1Cl)N(C(=O)CCC(=O)Nc1cc(C)on1)c1ccc(OC)cc1. The molecule has 202 valence electrons. The standard InChI is InChI=1S/C28H33ClN4O5/c1-6-28(3,4)31-27(36)26(21-9-7-8-10-22(21)29)33(19-11-13-20(37-5)14-12-19)25(35)16-15-24(34)30-23-17-18(2)38-32-23/h7-14,17,26H,6,15-16H2,1-5H3,(H,31,36)(H,30,32,34). The molecular formula is C28H33ClN4O5. The van der Waals surface area contributed by atoms with E-state index < -0.39 is 29.3 Å². The van der Waals surface area contributed by atoms with Crippen LogP contribution in [0.5, 0.6) is 5.75 Å². The van der Waals surface area contributed by atoms with E-state index in [1.54, 1.807) is 68.6 Å². The maximum Gasteiger partial charge on any atom is 0.248 e. The number of carbonyl (C=O) groups is 3. The number of aryl methyl sites for hydroxylation is 1. The van der Waals surface area contributed by atoms with Crippen molar-refractivity contribution in [3.63, 3.8) is 0 Å². The highest BCUT2D eigenvalue weighted by molar-refractivity contribution is 6.31. The lowest BCUT2D eigenvalue weighted by Gasteiger charge is -2.35. The average molecular weight is 541 g/mol. The van der Waals surface area contributed by atoms with Gasteiger partial charge in [-0.15, -0.1) is 0 Å². The third-order valence-corrected chi connectivity index (χ3v) is 6.48. The molecule has 10 heteroatoms. The summed E-state index contributed by atoms with van der Waals surface area (Å²) in [5.74, 6) is 0.168. The zero-order valence-corrected chi connectivity index (χ0v) is 23.0. The molecule has 0 radical (unpaired) electrons. The summed E-state index contributed by atoms with van der Waals surface area (Å²) < 4.78 is 10.2. The van der Waals surface area contributed by atoms with Crippen molar-refractivity contribution in [2.45, 2.75) is 58.5 Å². The van der Waals surface area contributed by atoms with Gasteiger partial charge in [0, 0.05) is 40.7 Å². The van der Waals surface area contributed by atoms with E-state index in [2.05, 4.69) is 15.8 Å². The zero-order valence-electron chi connectivity index (χ0n) is 22.2. The minimum absolute atomic E-state index is 0.130. The van der Waals surface area contributed by atoms with Crippen LogP contribution >= 0.6 is 11.6 Å². The Bertz CT molecular complexity index is 1270. The van der Waals surface area contributed by atoms with Gasteiger partial charge in [-0.25, -0.2) is 0 Å². The van der Waals surface area contributed by atoms with Crippen molar-refractivity contribution in [3.05, 3.63) is 70.9 Å². The first-order valence-electron chi connectivity index (χ1n) is 12.3. The smallest absolute Gasteiger partial charge is 0.248 e. The van der Waals surface area contributed by atoms with Gasteiger partial charge in [0.15, 0.2) is 5.82 Å². The molecule has 0 fully saturated rings. The molecule has 0 bridgehead atoms. The number of methoxy groups -OCH3 is 1. The molecule has 2 aromatic carbocycles. The number of amides is 3. The van der Waals surface area contributed by atoms with E-state index in [9.17, 15) is 14.4 Å². The van der Waals surface area contributed by atoms with Crippen molar-refractivity contribution in [2.75, 3.05) is 17.3 Å². The van der Waals surface area contributed by atoms with E-state index in [-0.39, 0.29) is 18.7 Å². The van der Waals surface area contributed by atoms with Crippen LogP contribution in [0.2, 0.25) is 5.02 Å². The van der Waals surface area contributed by atoms with E-state index in [0.29, 0.717) is 34.2 Å². The quantitative estimate of drug-likeness (QED) is 0.334. The molecule has 0 aliphatic rings. The zero-order chi connectivity index (χ0) is 27.9. The summed E-state index contributed by atoms with van der Waals surface area (Å²) in [4.78, 5) is 41.5. The Morgan fingerprint density at radius 1 is 1.11 bits per heavy atom. The van der Waals surface area contributed by atoms with Crippen LogP contribution < -0.4 is 20.3 Å². The Kier molecular flexibility index (Phi) is 9.52. The van der Waals surface area contributed by atoms with Crippen molar-refractivity contribution in [3.8, 4) is 5.75 Å². The Hall–Kier alpha value is -3.85. The van der Waals surface area contributed by atoms with Gasteiger partial charge in [0.25, 0.3) is 0 Å². The molecule has 1 aromatic heterocycles. The summed E-state index contributed by atoms with van der Waals surface area (Å²) in [5.41, 5.74) is 0.392. The van der Waals surface area contributed by atoms with E-state index in [0.717, 1.165) is 0 Å². The minimum atomic E-state index is -1.09. The Morgan fingerprint density at radius 2 is 1.79 bits per heavy atom. The lowest BCUT2D eigenvalue weighted by molar-refractivity contribution is -0.128. The number of nitrogens with one attached hydrogen (secondary N) is 2. The normalized spacial score (nSPS) is 11.9. The number of halogens is 1. The molecule has 9 nitrogen and oxygen atoms in total. The van der Waals surface area contributed by atoms with Crippen molar-refractivity contribution in [2.24, 2.45) is 0 Å². The van der Waals surface area contributed by atoms with Crippen molar-refractivity contribution in [1.29, 1.82) is 0 Å². The maximum absolute atomic E-state index is 13.8. The summed E-state index contributed by atoms with van der Waals surface area (Å²) in [6, 6.07) is 14.2. The molecule has 0 aliphatic carbocycles. The van der Waals surface area contributed by atoms with E-state index >= 15 is 0 Å². The molecule has 1 atom stereocenters. The number of nitrogens with zero attached hydrogens (tertiary/aromatic N) is 2. The van der Waals surface area contributed by atoms with Gasteiger partial charge in [0.1, 0.15) is 17.6 Å². The predicted molar refractivity (Wildman–Crippen MR) is 146 cm³/mol. The molecule has 2 N–H and O–H groups in total. The fourth-order valence-corrected chi connectivity index (χ4v) is 3.98. The number of hydrogen-bond acceptors (Lipinski definition) is 6. The molecule has 0 saturated heterocycles. The summed E-state index contributed by atoms with van der Waals surface area (Å²) in [6.07, 6.45) is 0.376. The maximum atomic E-state index is 13.8. The number of benzene rings is 2. The highest BCUT2D eigenvalue weighted by Crippen LogP contribution is 2.34. The molecule has 3 rings (SSSR count). The number of anilines is 2. The number of rotatable bonds is 11. The van der Waals surface area contributed by atoms with Gasteiger partial charge in [0.05, 0.1) is 7.11 Å². The molecule has 0 saturated carbocycles. The average Bonchev–Trinajstić information content (AvgIpc) is 3.30. The first kappa shape index (κ1) is 28.7. The second-order valence-corrected chi connectivity index (χ2v) is 9.89. The van der Waals surface area contributed by atoms with Crippen molar-refractivity contribution in [1.82, 2.24) is 10.5 Å². The molecule has 3 aromatic rings. The molecular weight excluding hydrogens is 508 g/mol. The Morgan fingerprint density at radius 3 is 2.37 bits per heavy atom. The van der Waals surface area contributed by atoms with Crippen LogP contribution in [0.1, 0.15) is 57.4 Å². The van der Waals surface area contributed by atoms with Crippen molar-refractivity contribution < 1.29 is 23.6 Å². The second kappa shape index (κ2) is 12.6. The van der Waals surface area contributed by atoms with Gasteiger partial charge in [-0.05, 0) is 57.5 Å². The summed E-state index contributed by atoms with van der Waals surface area (Å²) >= 11 is 6.55. The molecule has 1 heterocycles. The predicted octanol–water partition coefficient (Wildman–Crippen LogP) is 5.44. The van der Waals surface area contributed by atoms with Crippen LogP contribution in [0, 0.1) is 6.92 Å². The van der Waals surface area contributed by atoms with E-state index in [4.69, 9.17) is 20.9 Å². The number of aromatic nitrogens is 1. The largest absolute Gasteiger partial charge is 0.497 e. The lowest BCUT2D eigenvalue weighted by atomic mass is 9.98. The highest BCUT2D eigenvalue weighted by Gasteiger charge is 2.36. The van der Waals surface area contributed by atoms with Gasteiger partial charge in [-0.2, -0.15) is 0 Å². The van der Waals surface area contributed by atoms with Crippen LogP contribution in [0.15, 0.2) is 59.1 Å². The Labute approximate surface area is 227 Å². The highest BCUT2D eigenvalue weighted by atomic mass is 35.5. The Balaban J connectivity index is 1.98. The van der Waals surface area contributed by atoms with Gasteiger partial charge in [-0.1, -0.05) is 41.9 Å². The summed E-state index contributed by atoms with van der Waals surface area (Å²) in [5, 5.41) is 9.74. The van der Waals surface area contributed by atoms with Crippen LogP contribution in [0.3, 0.4) is 0 Å². The number of hydrogen-bond donors (Lipinski definition) is 2. The number of carbonyl (C=O) groups excluding carboxylic acids is 3. The van der Waals surface area contributed by atoms with Crippen molar-refractivity contribution >= 4 is 40.8 Å². The molecule has 1 unspecified atom stereocenters. The minimum Gasteiger partial charge on any atom is -0.497 e.